The van der Waals surface area contributed by atoms with Crippen LogP contribution in [0.15, 0.2) is 35.3 Å². The highest BCUT2D eigenvalue weighted by atomic mass is 16.3. The van der Waals surface area contributed by atoms with E-state index in [1.165, 1.54) is 0 Å². The fourth-order valence-corrected chi connectivity index (χ4v) is 2.54. The standard InChI is InChI=1S/C16H22N4O2/c1-12(9-19-8-7-17-11-19)18-16(21)20(14-4-5-14)10-15-6-3-13(2)22-15/h3,6-8,11-12,14H,4-5,9-10H2,1-2H3,(H,18,21)/t12-/m1/s1. The number of hydrogen-bond acceptors (Lipinski definition) is 3. The molecule has 22 heavy (non-hydrogen) atoms. The van der Waals surface area contributed by atoms with Gasteiger partial charge in [0.25, 0.3) is 0 Å². The molecule has 118 valence electrons. The Balaban J connectivity index is 1.57. The Morgan fingerprint density at radius 2 is 2.36 bits per heavy atom. The van der Waals surface area contributed by atoms with Gasteiger partial charge < -0.3 is 19.2 Å². The number of nitrogens with one attached hydrogen (secondary N) is 1. The molecule has 1 aliphatic carbocycles. The predicted molar refractivity (Wildman–Crippen MR) is 82.2 cm³/mol. The van der Waals surface area contributed by atoms with Crippen LogP contribution in [0.1, 0.15) is 31.3 Å². The lowest BCUT2D eigenvalue weighted by molar-refractivity contribution is 0.182. The van der Waals surface area contributed by atoms with Gasteiger partial charge in [-0.25, -0.2) is 9.78 Å². The van der Waals surface area contributed by atoms with E-state index < -0.39 is 0 Å². The van der Waals surface area contributed by atoms with Crippen molar-refractivity contribution in [1.29, 1.82) is 0 Å². The average Bonchev–Trinajstić information content (AvgIpc) is 3.02. The topological polar surface area (TPSA) is 63.3 Å². The van der Waals surface area contributed by atoms with Gasteiger partial charge in [0.1, 0.15) is 11.5 Å². The van der Waals surface area contributed by atoms with Gasteiger partial charge in [-0.3, -0.25) is 0 Å². The number of furan rings is 1. The summed E-state index contributed by atoms with van der Waals surface area (Å²) in [6.07, 6.45) is 7.54. The molecule has 0 aliphatic heterocycles. The number of imidazole rings is 1. The fourth-order valence-electron chi connectivity index (χ4n) is 2.54. The number of nitrogens with zero attached hydrogens (tertiary/aromatic N) is 3. The second kappa shape index (κ2) is 6.25. The summed E-state index contributed by atoms with van der Waals surface area (Å²) in [6, 6.07) is 4.23. The van der Waals surface area contributed by atoms with Crippen molar-refractivity contribution >= 4 is 6.03 Å². The first-order chi connectivity index (χ1) is 10.6. The van der Waals surface area contributed by atoms with Crippen LogP contribution in [0, 0.1) is 6.92 Å². The van der Waals surface area contributed by atoms with Crippen LogP contribution < -0.4 is 5.32 Å². The molecule has 0 aromatic carbocycles. The van der Waals surface area contributed by atoms with E-state index in [1.54, 1.807) is 12.5 Å². The van der Waals surface area contributed by atoms with Gasteiger partial charge in [0, 0.05) is 31.0 Å². The Labute approximate surface area is 130 Å². The minimum Gasteiger partial charge on any atom is -0.464 e. The summed E-state index contributed by atoms with van der Waals surface area (Å²) in [5.41, 5.74) is 0. The Morgan fingerprint density at radius 1 is 1.55 bits per heavy atom. The van der Waals surface area contributed by atoms with Crippen LogP contribution in [0.3, 0.4) is 0 Å². The third kappa shape index (κ3) is 3.69. The van der Waals surface area contributed by atoms with Crippen molar-refractivity contribution < 1.29 is 9.21 Å². The quantitative estimate of drug-likeness (QED) is 0.892. The monoisotopic (exact) mass is 302 g/mol. The summed E-state index contributed by atoms with van der Waals surface area (Å²) in [7, 11) is 0. The van der Waals surface area contributed by atoms with Crippen LogP contribution in [0.5, 0.6) is 0 Å². The predicted octanol–water partition coefficient (Wildman–Crippen LogP) is 2.55. The molecule has 3 rings (SSSR count). The maximum atomic E-state index is 12.5. The largest absolute Gasteiger partial charge is 0.464 e. The zero-order chi connectivity index (χ0) is 15.5. The molecule has 1 saturated carbocycles. The van der Waals surface area contributed by atoms with Crippen molar-refractivity contribution in [2.45, 2.75) is 51.9 Å². The third-order valence-corrected chi connectivity index (χ3v) is 3.78. The first kappa shape index (κ1) is 14.7. The second-order valence-corrected chi connectivity index (χ2v) is 5.98. The van der Waals surface area contributed by atoms with E-state index in [9.17, 15) is 4.79 Å². The minimum atomic E-state index is -0.0239. The Morgan fingerprint density at radius 3 is 2.95 bits per heavy atom. The van der Waals surface area contributed by atoms with Gasteiger partial charge in [-0.1, -0.05) is 0 Å². The summed E-state index contributed by atoms with van der Waals surface area (Å²) >= 11 is 0. The van der Waals surface area contributed by atoms with E-state index in [0.29, 0.717) is 19.1 Å². The van der Waals surface area contributed by atoms with Crippen LogP contribution >= 0.6 is 0 Å². The first-order valence-electron chi connectivity index (χ1n) is 7.70. The highest BCUT2D eigenvalue weighted by Gasteiger charge is 2.33. The minimum absolute atomic E-state index is 0.0239. The number of rotatable bonds is 6. The number of aryl methyl sites for hydroxylation is 1. The van der Waals surface area contributed by atoms with Gasteiger partial charge in [-0.2, -0.15) is 0 Å². The van der Waals surface area contributed by atoms with Crippen LogP contribution in [0.25, 0.3) is 0 Å². The maximum absolute atomic E-state index is 12.5. The molecule has 2 heterocycles. The van der Waals surface area contributed by atoms with Crippen molar-refractivity contribution in [2.24, 2.45) is 0 Å². The van der Waals surface area contributed by atoms with Gasteiger partial charge in [-0.05, 0) is 38.8 Å². The van der Waals surface area contributed by atoms with E-state index in [-0.39, 0.29) is 12.1 Å². The molecule has 1 atom stereocenters. The van der Waals surface area contributed by atoms with Gasteiger partial charge >= 0.3 is 6.03 Å². The molecule has 6 nitrogen and oxygen atoms in total. The van der Waals surface area contributed by atoms with Gasteiger partial charge in [-0.15, -0.1) is 0 Å². The van der Waals surface area contributed by atoms with E-state index in [4.69, 9.17) is 4.42 Å². The van der Waals surface area contributed by atoms with E-state index in [2.05, 4.69) is 10.3 Å². The SMILES string of the molecule is Cc1ccc(CN(C(=O)N[C@H](C)Cn2ccnc2)C2CC2)o1. The second-order valence-electron chi connectivity index (χ2n) is 5.98. The van der Waals surface area contributed by atoms with Crippen molar-refractivity contribution in [3.63, 3.8) is 0 Å². The van der Waals surface area contributed by atoms with Crippen molar-refractivity contribution in [2.75, 3.05) is 0 Å². The van der Waals surface area contributed by atoms with E-state index in [1.807, 2.05) is 41.6 Å². The van der Waals surface area contributed by atoms with E-state index in [0.717, 1.165) is 24.4 Å². The summed E-state index contributed by atoms with van der Waals surface area (Å²) in [5.74, 6) is 1.71. The molecule has 2 amide bonds. The summed E-state index contributed by atoms with van der Waals surface area (Å²) in [4.78, 5) is 18.4. The summed E-state index contributed by atoms with van der Waals surface area (Å²) < 4.78 is 7.56. The highest BCUT2D eigenvalue weighted by molar-refractivity contribution is 5.75. The van der Waals surface area contributed by atoms with Crippen molar-refractivity contribution in [3.05, 3.63) is 42.4 Å². The maximum Gasteiger partial charge on any atom is 0.318 e. The molecule has 6 heteroatoms. The molecule has 0 unspecified atom stereocenters. The number of urea groups is 1. The van der Waals surface area contributed by atoms with Gasteiger partial charge in [0.2, 0.25) is 0 Å². The zero-order valence-electron chi connectivity index (χ0n) is 13.0. The number of carbonyl (C=O) groups excluding carboxylic acids is 1. The number of hydrogen-bond donors (Lipinski definition) is 1. The molecule has 1 aliphatic rings. The van der Waals surface area contributed by atoms with Gasteiger partial charge in [0.05, 0.1) is 12.9 Å². The first-order valence-corrected chi connectivity index (χ1v) is 7.70. The summed E-state index contributed by atoms with van der Waals surface area (Å²) in [5, 5.41) is 3.06. The fraction of sp³-hybridized carbons (Fsp3) is 0.500. The molecule has 0 radical (unpaired) electrons. The molecule has 2 aromatic rings. The lowest BCUT2D eigenvalue weighted by Crippen LogP contribution is -2.45. The average molecular weight is 302 g/mol. The van der Waals surface area contributed by atoms with Crippen LogP contribution in [-0.4, -0.2) is 32.6 Å². The number of amides is 2. The molecule has 2 aromatic heterocycles. The number of aromatic nitrogens is 2. The van der Waals surface area contributed by atoms with Crippen LogP contribution in [0.4, 0.5) is 4.79 Å². The third-order valence-electron chi connectivity index (χ3n) is 3.78. The van der Waals surface area contributed by atoms with Gasteiger partial charge in [0.15, 0.2) is 0 Å². The highest BCUT2D eigenvalue weighted by Crippen LogP contribution is 2.28. The Hall–Kier alpha value is -2.24. The summed E-state index contributed by atoms with van der Waals surface area (Å²) in [6.45, 7) is 5.16. The molecular weight excluding hydrogens is 280 g/mol. The molecule has 0 spiro atoms. The van der Waals surface area contributed by atoms with Crippen LogP contribution in [-0.2, 0) is 13.1 Å². The molecule has 0 saturated heterocycles. The Bertz CT molecular complexity index is 616. The normalized spacial score (nSPS) is 15.5. The zero-order valence-corrected chi connectivity index (χ0v) is 13.0. The Kier molecular flexibility index (Phi) is 4.18. The smallest absolute Gasteiger partial charge is 0.318 e. The molecular formula is C16H22N4O2. The molecule has 0 bridgehead atoms. The lowest BCUT2D eigenvalue weighted by Gasteiger charge is -2.24. The molecule has 1 N–H and O–H groups in total. The van der Waals surface area contributed by atoms with Crippen LogP contribution in [0.2, 0.25) is 0 Å². The van der Waals surface area contributed by atoms with Crippen molar-refractivity contribution in [3.8, 4) is 0 Å². The molecule has 1 fully saturated rings. The van der Waals surface area contributed by atoms with Crippen molar-refractivity contribution in [1.82, 2.24) is 19.8 Å². The lowest BCUT2D eigenvalue weighted by atomic mass is 10.3. The van der Waals surface area contributed by atoms with E-state index >= 15 is 0 Å². The number of carbonyl (C=O) groups is 1.